The Balaban J connectivity index is 2.80. The molecule has 0 aliphatic heterocycles. The van der Waals surface area contributed by atoms with Gasteiger partial charge in [0.05, 0.1) is 23.7 Å². The van der Waals surface area contributed by atoms with Crippen LogP contribution in [0, 0.1) is 10.1 Å². The predicted molar refractivity (Wildman–Crippen MR) is 70.1 cm³/mol. The molecule has 0 amide bonds. The zero-order valence-corrected chi connectivity index (χ0v) is 10.8. The van der Waals surface area contributed by atoms with Crippen LogP contribution in [0.3, 0.4) is 0 Å². The first kappa shape index (κ1) is 14.2. The van der Waals surface area contributed by atoms with Crippen LogP contribution in [-0.4, -0.2) is 23.1 Å². The van der Waals surface area contributed by atoms with Crippen LogP contribution in [0.15, 0.2) is 12.1 Å². The highest BCUT2D eigenvalue weighted by molar-refractivity contribution is 5.48. The summed E-state index contributed by atoms with van der Waals surface area (Å²) in [6, 6.07) is 2.77. The Morgan fingerprint density at radius 3 is 2.78 bits per heavy atom. The van der Waals surface area contributed by atoms with Gasteiger partial charge in [0.25, 0.3) is 5.69 Å². The van der Waals surface area contributed by atoms with Crippen molar-refractivity contribution in [3.05, 3.63) is 22.2 Å². The summed E-state index contributed by atoms with van der Waals surface area (Å²) in [7, 11) is 0. The molecular formula is C12H19N3O3. The van der Waals surface area contributed by atoms with Gasteiger partial charge in [0.1, 0.15) is 5.82 Å². The van der Waals surface area contributed by atoms with E-state index in [-0.39, 0.29) is 5.69 Å². The molecule has 0 aromatic carbocycles. The topological polar surface area (TPSA) is 77.3 Å². The number of hydrogen-bond acceptors (Lipinski definition) is 5. The van der Waals surface area contributed by atoms with Crippen molar-refractivity contribution in [3.8, 4) is 5.88 Å². The fourth-order valence-corrected chi connectivity index (χ4v) is 1.34. The largest absolute Gasteiger partial charge is 0.477 e. The van der Waals surface area contributed by atoms with E-state index >= 15 is 0 Å². The Labute approximate surface area is 107 Å². The highest BCUT2D eigenvalue weighted by Crippen LogP contribution is 2.22. The lowest BCUT2D eigenvalue weighted by Crippen LogP contribution is -2.05. The van der Waals surface area contributed by atoms with Gasteiger partial charge in [-0.15, -0.1) is 0 Å². The second-order valence-electron chi connectivity index (χ2n) is 3.93. The average Bonchev–Trinajstić information content (AvgIpc) is 2.36. The molecule has 1 aromatic rings. The van der Waals surface area contributed by atoms with Crippen LogP contribution in [-0.2, 0) is 0 Å². The number of aromatic nitrogens is 1. The van der Waals surface area contributed by atoms with Crippen molar-refractivity contribution >= 4 is 11.5 Å². The number of rotatable bonds is 8. The highest BCUT2D eigenvalue weighted by atomic mass is 16.6. The Morgan fingerprint density at radius 1 is 1.39 bits per heavy atom. The van der Waals surface area contributed by atoms with Gasteiger partial charge in [-0.2, -0.15) is 4.98 Å². The van der Waals surface area contributed by atoms with Crippen LogP contribution in [0.1, 0.15) is 33.1 Å². The van der Waals surface area contributed by atoms with Gasteiger partial charge in [0.15, 0.2) is 0 Å². The molecule has 1 N–H and O–H groups in total. The number of nitrogens with one attached hydrogen (secondary N) is 1. The molecule has 1 heterocycles. The Bertz CT molecular complexity index is 396. The maximum absolute atomic E-state index is 10.8. The number of pyridine rings is 1. The minimum absolute atomic E-state index is 0.00454. The second-order valence-corrected chi connectivity index (χ2v) is 3.93. The van der Waals surface area contributed by atoms with E-state index in [1.165, 1.54) is 12.1 Å². The minimum Gasteiger partial charge on any atom is -0.477 e. The van der Waals surface area contributed by atoms with E-state index < -0.39 is 4.92 Å². The predicted octanol–water partition coefficient (Wildman–Crippen LogP) is 2.99. The summed E-state index contributed by atoms with van der Waals surface area (Å²) in [6.07, 6.45) is 2.84. The van der Waals surface area contributed by atoms with Crippen LogP contribution in [0.5, 0.6) is 5.88 Å². The molecule has 1 aromatic heterocycles. The third-order valence-electron chi connectivity index (χ3n) is 2.30. The summed E-state index contributed by atoms with van der Waals surface area (Å²) in [5.74, 6) is 0.786. The molecule has 0 aliphatic carbocycles. The molecule has 0 atom stereocenters. The molecule has 0 saturated carbocycles. The maximum Gasteiger partial charge on any atom is 0.278 e. The van der Waals surface area contributed by atoms with Crippen LogP contribution in [0.25, 0.3) is 0 Å². The van der Waals surface area contributed by atoms with E-state index in [0.717, 1.165) is 25.8 Å². The molecule has 0 bridgehead atoms. The highest BCUT2D eigenvalue weighted by Gasteiger charge is 2.11. The number of nitro groups is 1. The van der Waals surface area contributed by atoms with Gasteiger partial charge < -0.3 is 10.1 Å². The van der Waals surface area contributed by atoms with Crippen LogP contribution >= 0.6 is 0 Å². The van der Waals surface area contributed by atoms with Gasteiger partial charge >= 0.3 is 0 Å². The van der Waals surface area contributed by atoms with E-state index in [1.54, 1.807) is 0 Å². The minimum atomic E-state index is -0.439. The first-order chi connectivity index (χ1) is 8.67. The van der Waals surface area contributed by atoms with Gasteiger partial charge in [-0.25, -0.2) is 0 Å². The lowest BCUT2D eigenvalue weighted by atomic mass is 10.3. The SMILES string of the molecule is CCCCOc1cc([N+](=O)[O-])cc(NCCC)n1. The molecule has 6 nitrogen and oxygen atoms in total. The molecule has 0 radical (unpaired) electrons. The van der Waals surface area contributed by atoms with Crippen molar-refractivity contribution < 1.29 is 9.66 Å². The molecule has 100 valence electrons. The van der Waals surface area contributed by atoms with Crippen molar-refractivity contribution in [2.75, 3.05) is 18.5 Å². The molecule has 1 rings (SSSR count). The van der Waals surface area contributed by atoms with Crippen LogP contribution in [0.4, 0.5) is 11.5 Å². The fraction of sp³-hybridized carbons (Fsp3) is 0.583. The monoisotopic (exact) mass is 253 g/mol. The average molecular weight is 253 g/mol. The van der Waals surface area contributed by atoms with E-state index in [9.17, 15) is 10.1 Å². The summed E-state index contributed by atoms with van der Waals surface area (Å²) >= 11 is 0. The van der Waals surface area contributed by atoms with Gasteiger partial charge in [-0.1, -0.05) is 20.3 Å². The zero-order chi connectivity index (χ0) is 13.4. The molecule has 0 saturated heterocycles. The molecule has 0 unspecified atom stereocenters. The maximum atomic E-state index is 10.8. The van der Waals surface area contributed by atoms with E-state index in [1.807, 2.05) is 6.92 Å². The molecule has 0 aliphatic rings. The van der Waals surface area contributed by atoms with Gasteiger partial charge in [0, 0.05) is 6.54 Å². The van der Waals surface area contributed by atoms with Crippen LogP contribution < -0.4 is 10.1 Å². The molecule has 0 fully saturated rings. The molecule has 0 spiro atoms. The third-order valence-corrected chi connectivity index (χ3v) is 2.30. The summed E-state index contributed by atoms with van der Waals surface area (Å²) in [5, 5.41) is 13.8. The number of nitrogens with zero attached hydrogens (tertiary/aromatic N) is 2. The number of unbranched alkanes of at least 4 members (excludes halogenated alkanes) is 1. The molecular weight excluding hydrogens is 234 g/mol. The van der Waals surface area contributed by atoms with E-state index in [4.69, 9.17) is 4.74 Å². The lowest BCUT2D eigenvalue weighted by molar-refractivity contribution is -0.384. The first-order valence-electron chi connectivity index (χ1n) is 6.20. The van der Waals surface area contributed by atoms with E-state index in [0.29, 0.717) is 18.3 Å². The fourth-order valence-electron chi connectivity index (χ4n) is 1.34. The van der Waals surface area contributed by atoms with Crippen LogP contribution in [0.2, 0.25) is 0 Å². The van der Waals surface area contributed by atoms with Crippen molar-refractivity contribution in [3.63, 3.8) is 0 Å². The Hall–Kier alpha value is -1.85. The summed E-state index contributed by atoms with van der Waals surface area (Å²) < 4.78 is 5.40. The Morgan fingerprint density at radius 2 is 2.17 bits per heavy atom. The number of ether oxygens (including phenoxy) is 1. The zero-order valence-electron chi connectivity index (χ0n) is 10.8. The third kappa shape index (κ3) is 4.57. The van der Waals surface area contributed by atoms with Crippen molar-refractivity contribution in [1.29, 1.82) is 0 Å². The smallest absolute Gasteiger partial charge is 0.278 e. The first-order valence-corrected chi connectivity index (χ1v) is 6.20. The van der Waals surface area contributed by atoms with E-state index in [2.05, 4.69) is 17.2 Å². The number of hydrogen-bond donors (Lipinski definition) is 1. The Kier molecular flexibility index (Phi) is 5.90. The molecule has 6 heteroatoms. The molecule has 18 heavy (non-hydrogen) atoms. The summed E-state index contributed by atoms with van der Waals surface area (Å²) in [6.45, 7) is 5.32. The summed E-state index contributed by atoms with van der Waals surface area (Å²) in [5.41, 5.74) is -0.00454. The standard InChI is InChI=1S/C12H19N3O3/c1-3-5-7-18-12-9-10(15(16)17)8-11(14-12)13-6-4-2/h8-9H,3-7H2,1-2H3,(H,13,14). The van der Waals surface area contributed by atoms with Gasteiger partial charge in [-0.3, -0.25) is 10.1 Å². The van der Waals surface area contributed by atoms with Gasteiger partial charge in [0.2, 0.25) is 5.88 Å². The summed E-state index contributed by atoms with van der Waals surface area (Å²) in [4.78, 5) is 14.6. The normalized spacial score (nSPS) is 10.1. The lowest BCUT2D eigenvalue weighted by Gasteiger charge is -2.08. The second kappa shape index (κ2) is 7.47. The number of anilines is 1. The van der Waals surface area contributed by atoms with Crippen molar-refractivity contribution in [2.24, 2.45) is 0 Å². The quantitative estimate of drug-likeness (QED) is 0.438. The van der Waals surface area contributed by atoms with Gasteiger partial charge in [-0.05, 0) is 12.8 Å². The van der Waals surface area contributed by atoms with Crippen molar-refractivity contribution in [1.82, 2.24) is 4.98 Å². The van der Waals surface area contributed by atoms with Crippen molar-refractivity contribution in [2.45, 2.75) is 33.1 Å².